The van der Waals surface area contributed by atoms with Crippen molar-refractivity contribution in [3.05, 3.63) is 34.3 Å². The fraction of sp³-hybridized carbons (Fsp3) is 0.417. The zero-order valence-corrected chi connectivity index (χ0v) is 9.38. The van der Waals surface area contributed by atoms with Gasteiger partial charge in [0.2, 0.25) is 0 Å². The van der Waals surface area contributed by atoms with Gasteiger partial charge >= 0.3 is 0 Å². The summed E-state index contributed by atoms with van der Waals surface area (Å²) in [7, 11) is 0. The predicted molar refractivity (Wildman–Crippen MR) is 59.4 cm³/mol. The van der Waals surface area contributed by atoms with E-state index in [9.17, 15) is 4.79 Å². The molecule has 1 aliphatic rings. The number of hydrogen-bond acceptors (Lipinski definition) is 2. The van der Waals surface area contributed by atoms with Crippen molar-refractivity contribution in [1.29, 1.82) is 0 Å². The highest BCUT2D eigenvalue weighted by atomic mass is 35.5. The van der Waals surface area contributed by atoms with E-state index in [0.29, 0.717) is 18.2 Å². The van der Waals surface area contributed by atoms with Gasteiger partial charge in [-0.1, -0.05) is 23.7 Å². The molecule has 0 radical (unpaired) electrons. The molecule has 3 heteroatoms. The highest BCUT2D eigenvalue weighted by Crippen LogP contribution is 2.24. The molecule has 1 aromatic carbocycles. The lowest BCUT2D eigenvalue weighted by atomic mass is 9.94. The zero-order chi connectivity index (χ0) is 10.8. The van der Waals surface area contributed by atoms with E-state index >= 15 is 0 Å². The van der Waals surface area contributed by atoms with Crippen molar-refractivity contribution in [3.63, 3.8) is 0 Å². The summed E-state index contributed by atoms with van der Waals surface area (Å²) in [6.45, 7) is 3.12. The van der Waals surface area contributed by atoms with Crippen LogP contribution in [0, 0.1) is 12.8 Å². The maximum atomic E-state index is 12.1. The van der Waals surface area contributed by atoms with Crippen LogP contribution in [0.25, 0.3) is 0 Å². The smallest absolute Gasteiger partial charge is 0.168 e. The van der Waals surface area contributed by atoms with Gasteiger partial charge in [-0.25, -0.2) is 0 Å². The summed E-state index contributed by atoms with van der Waals surface area (Å²) in [6.07, 6.45) is 0.824. The lowest BCUT2D eigenvalue weighted by molar-refractivity contribution is 0.0899. The third kappa shape index (κ3) is 2.06. The van der Waals surface area contributed by atoms with Crippen molar-refractivity contribution >= 4 is 17.4 Å². The van der Waals surface area contributed by atoms with Gasteiger partial charge in [0, 0.05) is 23.1 Å². The van der Waals surface area contributed by atoms with E-state index < -0.39 is 0 Å². The standard InChI is InChI=1S/C12H13ClO2/c1-8-10(3-2-4-11(8)13)12(14)9-5-6-15-7-9/h2-4,9H,5-7H2,1H3. The van der Waals surface area contributed by atoms with Gasteiger partial charge < -0.3 is 4.74 Å². The van der Waals surface area contributed by atoms with Crippen LogP contribution in [0.5, 0.6) is 0 Å². The van der Waals surface area contributed by atoms with E-state index in [2.05, 4.69) is 0 Å². The first-order chi connectivity index (χ1) is 7.20. The van der Waals surface area contributed by atoms with Gasteiger partial charge in [-0.3, -0.25) is 4.79 Å². The van der Waals surface area contributed by atoms with Crippen molar-refractivity contribution in [2.24, 2.45) is 5.92 Å². The van der Waals surface area contributed by atoms with Gasteiger partial charge in [0.05, 0.1) is 6.61 Å². The summed E-state index contributed by atoms with van der Waals surface area (Å²) in [6, 6.07) is 5.46. The van der Waals surface area contributed by atoms with E-state index in [1.165, 1.54) is 0 Å². The molecule has 0 bridgehead atoms. The molecule has 1 unspecified atom stereocenters. The predicted octanol–water partition coefficient (Wildman–Crippen LogP) is 2.87. The molecule has 1 fully saturated rings. The van der Waals surface area contributed by atoms with E-state index in [0.717, 1.165) is 17.5 Å². The number of Topliss-reactive ketones (excluding diaryl/α,β-unsaturated/α-hetero) is 1. The van der Waals surface area contributed by atoms with Crippen LogP contribution in [0.1, 0.15) is 22.3 Å². The van der Waals surface area contributed by atoms with Gasteiger partial charge in [0.15, 0.2) is 5.78 Å². The Morgan fingerprint density at radius 2 is 2.33 bits per heavy atom. The normalized spacial score (nSPS) is 20.5. The van der Waals surface area contributed by atoms with Crippen LogP contribution < -0.4 is 0 Å². The largest absolute Gasteiger partial charge is 0.381 e. The van der Waals surface area contributed by atoms with Crippen LogP contribution in [-0.4, -0.2) is 19.0 Å². The highest BCUT2D eigenvalue weighted by molar-refractivity contribution is 6.31. The summed E-state index contributed by atoms with van der Waals surface area (Å²) in [5, 5.41) is 0.653. The molecule has 2 nitrogen and oxygen atoms in total. The molecule has 80 valence electrons. The van der Waals surface area contributed by atoms with Gasteiger partial charge in [0.1, 0.15) is 0 Å². The van der Waals surface area contributed by atoms with Crippen molar-refractivity contribution in [2.75, 3.05) is 13.2 Å². The number of ketones is 1. The number of benzene rings is 1. The Bertz CT molecular complexity index is 381. The van der Waals surface area contributed by atoms with E-state index in [1.54, 1.807) is 6.07 Å². The van der Waals surface area contributed by atoms with Gasteiger partial charge in [-0.15, -0.1) is 0 Å². The summed E-state index contributed by atoms with van der Waals surface area (Å²) in [5.74, 6) is 0.176. The minimum Gasteiger partial charge on any atom is -0.381 e. The molecular formula is C12H13ClO2. The lowest BCUT2D eigenvalue weighted by Crippen LogP contribution is -2.15. The molecule has 0 saturated carbocycles. The minimum absolute atomic E-state index is 0.0159. The summed E-state index contributed by atoms with van der Waals surface area (Å²) in [5.41, 5.74) is 1.61. The van der Waals surface area contributed by atoms with Gasteiger partial charge in [0.25, 0.3) is 0 Å². The molecule has 1 atom stereocenters. The Morgan fingerprint density at radius 3 is 3.00 bits per heavy atom. The Kier molecular flexibility index (Phi) is 3.08. The second-order valence-electron chi connectivity index (χ2n) is 3.84. The first-order valence-electron chi connectivity index (χ1n) is 5.07. The molecule has 0 spiro atoms. The third-order valence-corrected chi connectivity index (χ3v) is 3.24. The van der Waals surface area contributed by atoms with Gasteiger partial charge in [-0.05, 0) is 25.0 Å². The number of hydrogen-bond donors (Lipinski definition) is 0. The molecule has 1 aromatic rings. The third-order valence-electron chi connectivity index (χ3n) is 2.83. The number of rotatable bonds is 2. The fourth-order valence-corrected chi connectivity index (χ4v) is 2.01. The molecule has 15 heavy (non-hydrogen) atoms. The first kappa shape index (κ1) is 10.7. The molecular weight excluding hydrogens is 212 g/mol. The molecule has 2 rings (SSSR count). The SMILES string of the molecule is Cc1c(Cl)cccc1C(=O)C1CCOC1. The molecule has 0 N–H and O–H groups in total. The zero-order valence-electron chi connectivity index (χ0n) is 8.63. The van der Waals surface area contributed by atoms with Gasteiger partial charge in [-0.2, -0.15) is 0 Å². The van der Waals surface area contributed by atoms with Crippen molar-refractivity contribution < 1.29 is 9.53 Å². The van der Waals surface area contributed by atoms with Crippen LogP contribution >= 0.6 is 11.6 Å². The van der Waals surface area contributed by atoms with E-state index in [-0.39, 0.29) is 11.7 Å². The maximum Gasteiger partial charge on any atom is 0.168 e. The van der Waals surface area contributed by atoms with E-state index in [4.69, 9.17) is 16.3 Å². The van der Waals surface area contributed by atoms with Crippen LogP contribution in [0.15, 0.2) is 18.2 Å². The molecule has 1 saturated heterocycles. The molecule has 0 amide bonds. The summed E-state index contributed by atoms with van der Waals surface area (Å²) < 4.78 is 5.22. The van der Waals surface area contributed by atoms with Crippen molar-refractivity contribution in [2.45, 2.75) is 13.3 Å². The maximum absolute atomic E-state index is 12.1. The van der Waals surface area contributed by atoms with Crippen LogP contribution in [-0.2, 0) is 4.74 Å². The van der Waals surface area contributed by atoms with Crippen molar-refractivity contribution in [3.8, 4) is 0 Å². The minimum atomic E-state index is 0.0159. The number of carbonyl (C=O) groups is 1. The Morgan fingerprint density at radius 1 is 1.53 bits per heavy atom. The fourth-order valence-electron chi connectivity index (χ4n) is 1.84. The second kappa shape index (κ2) is 4.33. The monoisotopic (exact) mass is 224 g/mol. The molecule has 1 heterocycles. The summed E-state index contributed by atoms with van der Waals surface area (Å²) in [4.78, 5) is 12.1. The molecule has 0 aliphatic carbocycles. The average molecular weight is 225 g/mol. The van der Waals surface area contributed by atoms with Crippen LogP contribution in [0.3, 0.4) is 0 Å². The topological polar surface area (TPSA) is 26.3 Å². The Hall–Kier alpha value is -0.860. The second-order valence-corrected chi connectivity index (χ2v) is 4.24. The Labute approximate surface area is 94.2 Å². The number of halogens is 1. The van der Waals surface area contributed by atoms with Crippen LogP contribution in [0.2, 0.25) is 5.02 Å². The van der Waals surface area contributed by atoms with E-state index in [1.807, 2.05) is 19.1 Å². The lowest BCUT2D eigenvalue weighted by Gasteiger charge is -2.10. The highest BCUT2D eigenvalue weighted by Gasteiger charge is 2.25. The Balaban J connectivity index is 2.28. The number of carbonyl (C=O) groups excluding carboxylic acids is 1. The van der Waals surface area contributed by atoms with Crippen molar-refractivity contribution in [1.82, 2.24) is 0 Å². The molecule has 0 aromatic heterocycles. The first-order valence-corrected chi connectivity index (χ1v) is 5.45. The molecule has 1 aliphatic heterocycles. The van der Waals surface area contributed by atoms with Crippen LogP contribution in [0.4, 0.5) is 0 Å². The number of ether oxygens (including phenoxy) is 1. The summed E-state index contributed by atoms with van der Waals surface area (Å²) >= 11 is 5.98. The average Bonchev–Trinajstić information content (AvgIpc) is 2.74. The quantitative estimate of drug-likeness (QED) is 0.723.